The molecule has 4 heteroatoms. The van der Waals surface area contributed by atoms with Crippen molar-refractivity contribution in [2.45, 2.75) is 26.0 Å². The summed E-state index contributed by atoms with van der Waals surface area (Å²) in [6.07, 6.45) is 0.122. The Morgan fingerprint density at radius 3 is 2.62 bits per heavy atom. The minimum atomic E-state index is 0.0696. The molecule has 1 amide bonds. The van der Waals surface area contributed by atoms with E-state index in [1.54, 1.807) is 4.90 Å². The topological polar surface area (TPSA) is 41.6 Å². The van der Waals surface area contributed by atoms with Gasteiger partial charge in [-0.25, -0.2) is 0 Å². The van der Waals surface area contributed by atoms with Gasteiger partial charge in [0, 0.05) is 20.1 Å². The molecule has 1 aliphatic heterocycles. The normalized spacial score (nSPS) is 17.2. The lowest BCUT2D eigenvalue weighted by Gasteiger charge is -2.35. The van der Waals surface area contributed by atoms with Gasteiger partial charge in [0.1, 0.15) is 6.61 Å². The molecule has 0 radical (unpaired) electrons. The summed E-state index contributed by atoms with van der Waals surface area (Å²) in [5.74, 6) is 0.0696. The molecule has 13 heavy (non-hydrogen) atoms. The smallest absolute Gasteiger partial charge is 0.248 e. The van der Waals surface area contributed by atoms with Gasteiger partial charge >= 0.3 is 0 Å². The summed E-state index contributed by atoms with van der Waals surface area (Å²) in [6.45, 7) is 5.87. The first-order valence-corrected chi connectivity index (χ1v) is 4.69. The molecule has 0 aromatic carbocycles. The summed E-state index contributed by atoms with van der Waals surface area (Å²) in [5, 5.41) is 3.13. The maximum absolute atomic E-state index is 11.5. The molecule has 4 nitrogen and oxygen atoms in total. The summed E-state index contributed by atoms with van der Waals surface area (Å²) in [5.41, 5.74) is 0. The van der Waals surface area contributed by atoms with Crippen molar-refractivity contribution in [2.24, 2.45) is 0 Å². The SMILES string of the molecule is CC(C)OCC(=O)N(C)C1CNC1. The van der Waals surface area contributed by atoms with Crippen molar-refractivity contribution in [1.29, 1.82) is 0 Å². The van der Waals surface area contributed by atoms with Crippen LogP contribution in [-0.4, -0.2) is 49.7 Å². The molecule has 0 unspecified atom stereocenters. The predicted octanol–water partition coefficient (Wildman–Crippen LogP) is -0.158. The molecule has 0 spiro atoms. The van der Waals surface area contributed by atoms with E-state index >= 15 is 0 Å². The molecule has 1 aliphatic rings. The molecule has 1 N–H and O–H groups in total. The summed E-state index contributed by atoms with van der Waals surface area (Å²) >= 11 is 0. The fraction of sp³-hybridized carbons (Fsp3) is 0.889. The molecule has 1 saturated heterocycles. The second-order valence-electron chi connectivity index (χ2n) is 3.68. The highest BCUT2D eigenvalue weighted by molar-refractivity contribution is 5.77. The highest BCUT2D eigenvalue weighted by Gasteiger charge is 2.25. The van der Waals surface area contributed by atoms with Gasteiger partial charge in [0.25, 0.3) is 0 Å². The van der Waals surface area contributed by atoms with Gasteiger partial charge in [-0.2, -0.15) is 0 Å². The van der Waals surface area contributed by atoms with Crippen LogP contribution >= 0.6 is 0 Å². The van der Waals surface area contributed by atoms with Crippen molar-refractivity contribution in [2.75, 3.05) is 26.7 Å². The maximum Gasteiger partial charge on any atom is 0.248 e. The average molecular weight is 186 g/mol. The van der Waals surface area contributed by atoms with Gasteiger partial charge < -0.3 is 15.0 Å². The van der Waals surface area contributed by atoms with Gasteiger partial charge in [-0.1, -0.05) is 0 Å². The third-order valence-electron chi connectivity index (χ3n) is 2.24. The van der Waals surface area contributed by atoms with E-state index in [4.69, 9.17) is 4.74 Å². The number of carbonyl (C=O) groups excluding carboxylic acids is 1. The number of amides is 1. The zero-order valence-electron chi connectivity index (χ0n) is 8.54. The van der Waals surface area contributed by atoms with Crippen molar-refractivity contribution in [3.05, 3.63) is 0 Å². The Hall–Kier alpha value is -0.610. The lowest BCUT2D eigenvalue weighted by molar-refractivity contribution is -0.139. The number of nitrogens with zero attached hydrogens (tertiary/aromatic N) is 1. The fourth-order valence-corrected chi connectivity index (χ4v) is 1.09. The summed E-state index contributed by atoms with van der Waals surface area (Å²) in [6, 6.07) is 0.364. The first-order valence-electron chi connectivity index (χ1n) is 4.69. The number of ether oxygens (including phenoxy) is 1. The van der Waals surface area contributed by atoms with Crippen LogP contribution in [0.4, 0.5) is 0 Å². The highest BCUT2D eigenvalue weighted by Crippen LogP contribution is 2.02. The maximum atomic E-state index is 11.5. The molecule has 0 atom stereocenters. The van der Waals surface area contributed by atoms with Crippen LogP contribution in [0.3, 0.4) is 0 Å². The number of likely N-dealkylation sites (N-methyl/N-ethyl adjacent to an activating group) is 1. The van der Waals surface area contributed by atoms with Crippen LogP contribution in [0.2, 0.25) is 0 Å². The van der Waals surface area contributed by atoms with E-state index in [-0.39, 0.29) is 18.6 Å². The zero-order valence-corrected chi connectivity index (χ0v) is 8.54. The molecule has 0 bridgehead atoms. The Kier molecular flexibility index (Phi) is 3.69. The monoisotopic (exact) mass is 186 g/mol. The Morgan fingerprint density at radius 2 is 2.23 bits per heavy atom. The molecule has 0 saturated carbocycles. The average Bonchev–Trinajstić information content (AvgIpc) is 1.96. The van der Waals surface area contributed by atoms with E-state index in [1.807, 2.05) is 20.9 Å². The van der Waals surface area contributed by atoms with Gasteiger partial charge in [0.2, 0.25) is 5.91 Å². The Morgan fingerprint density at radius 1 is 1.62 bits per heavy atom. The number of nitrogens with one attached hydrogen (secondary N) is 1. The van der Waals surface area contributed by atoms with E-state index in [0.29, 0.717) is 6.04 Å². The number of rotatable bonds is 4. The van der Waals surface area contributed by atoms with Crippen molar-refractivity contribution in [3.63, 3.8) is 0 Å². The van der Waals surface area contributed by atoms with E-state index in [0.717, 1.165) is 13.1 Å². The van der Waals surface area contributed by atoms with Gasteiger partial charge in [0.15, 0.2) is 0 Å². The third kappa shape index (κ3) is 2.97. The van der Waals surface area contributed by atoms with Crippen molar-refractivity contribution in [1.82, 2.24) is 10.2 Å². The van der Waals surface area contributed by atoms with Crippen molar-refractivity contribution in [3.8, 4) is 0 Å². The zero-order chi connectivity index (χ0) is 9.84. The summed E-state index contributed by atoms with van der Waals surface area (Å²) < 4.78 is 5.23. The molecule has 76 valence electrons. The van der Waals surface area contributed by atoms with E-state index in [9.17, 15) is 4.79 Å². The van der Waals surface area contributed by atoms with Crippen LogP contribution < -0.4 is 5.32 Å². The fourth-order valence-electron chi connectivity index (χ4n) is 1.09. The quantitative estimate of drug-likeness (QED) is 0.663. The van der Waals surface area contributed by atoms with Crippen molar-refractivity contribution >= 4 is 5.91 Å². The van der Waals surface area contributed by atoms with E-state index in [1.165, 1.54) is 0 Å². The van der Waals surface area contributed by atoms with Crippen LogP contribution in [-0.2, 0) is 9.53 Å². The van der Waals surface area contributed by atoms with Crippen molar-refractivity contribution < 1.29 is 9.53 Å². The highest BCUT2D eigenvalue weighted by atomic mass is 16.5. The molecular weight excluding hydrogens is 168 g/mol. The Labute approximate surface area is 79.2 Å². The molecular formula is C9H18N2O2. The molecule has 0 aromatic rings. The standard InChI is InChI=1S/C9H18N2O2/c1-7(2)13-6-9(12)11(3)8-4-10-5-8/h7-8,10H,4-6H2,1-3H3. The second-order valence-corrected chi connectivity index (χ2v) is 3.68. The number of carbonyl (C=O) groups is 1. The largest absolute Gasteiger partial charge is 0.369 e. The molecule has 1 heterocycles. The Balaban J connectivity index is 2.21. The Bertz CT molecular complexity index is 178. The first kappa shape index (κ1) is 10.5. The molecule has 0 aromatic heterocycles. The summed E-state index contributed by atoms with van der Waals surface area (Å²) in [7, 11) is 1.83. The van der Waals surface area contributed by atoms with Crippen LogP contribution in [0.5, 0.6) is 0 Å². The van der Waals surface area contributed by atoms with Gasteiger partial charge in [-0.3, -0.25) is 4.79 Å². The van der Waals surface area contributed by atoms with Crippen LogP contribution in [0.1, 0.15) is 13.8 Å². The molecule has 1 fully saturated rings. The van der Waals surface area contributed by atoms with Crippen LogP contribution in [0.25, 0.3) is 0 Å². The first-order chi connectivity index (χ1) is 6.11. The predicted molar refractivity (Wildman–Crippen MR) is 50.5 cm³/mol. The van der Waals surface area contributed by atoms with Crippen LogP contribution in [0.15, 0.2) is 0 Å². The second kappa shape index (κ2) is 4.58. The minimum Gasteiger partial charge on any atom is -0.369 e. The van der Waals surface area contributed by atoms with Gasteiger partial charge in [-0.15, -0.1) is 0 Å². The molecule has 0 aliphatic carbocycles. The van der Waals surface area contributed by atoms with Crippen LogP contribution in [0, 0.1) is 0 Å². The van der Waals surface area contributed by atoms with E-state index < -0.39 is 0 Å². The number of hydrogen-bond acceptors (Lipinski definition) is 3. The molecule has 1 rings (SSSR count). The minimum absolute atomic E-state index is 0.0696. The van der Waals surface area contributed by atoms with Gasteiger partial charge in [0.05, 0.1) is 12.1 Å². The van der Waals surface area contributed by atoms with E-state index in [2.05, 4.69) is 5.32 Å². The van der Waals surface area contributed by atoms with Gasteiger partial charge in [-0.05, 0) is 13.8 Å². The third-order valence-corrected chi connectivity index (χ3v) is 2.24. The number of hydrogen-bond donors (Lipinski definition) is 1. The lowest BCUT2D eigenvalue weighted by Crippen LogP contribution is -2.58. The summed E-state index contributed by atoms with van der Waals surface area (Å²) in [4.78, 5) is 13.2. The lowest BCUT2D eigenvalue weighted by atomic mass is 10.1.